The van der Waals surface area contributed by atoms with E-state index >= 15 is 0 Å². The van der Waals surface area contributed by atoms with E-state index in [0.717, 1.165) is 10.6 Å². The van der Waals surface area contributed by atoms with Gasteiger partial charge in [0.25, 0.3) is 0 Å². The van der Waals surface area contributed by atoms with Gasteiger partial charge in [0, 0.05) is 11.5 Å². The highest BCUT2D eigenvalue weighted by molar-refractivity contribution is 7.99. The van der Waals surface area contributed by atoms with Crippen LogP contribution in [-0.2, 0) is 10.2 Å². The molecule has 0 bridgehead atoms. The van der Waals surface area contributed by atoms with Crippen molar-refractivity contribution in [1.82, 2.24) is 20.3 Å². The average Bonchev–Trinajstić information content (AvgIpc) is 3.25. The number of thioether (sulfide) groups is 1. The van der Waals surface area contributed by atoms with E-state index in [1.165, 1.54) is 11.8 Å². The Morgan fingerprint density at radius 3 is 2.96 bits per heavy atom. The van der Waals surface area contributed by atoms with Crippen LogP contribution >= 0.6 is 23.1 Å². The summed E-state index contributed by atoms with van der Waals surface area (Å²) in [6.07, 6.45) is 0. The number of aromatic nitrogens is 4. The maximum atomic E-state index is 12.0. The Hall–Kier alpha value is -2.13. The molecule has 0 aromatic carbocycles. The summed E-state index contributed by atoms with van der Waals surface area (Å²) in [6.45, 7) is 6.09. The normalized spacial score (nSPS) is 11.6. The van der Waals surface area contributed by atoms with Crippen molar-refractivity contribution in [1.29, 1.82) is 0 Å². The number of anilines is 1. The third kappa shape index (κ3) is 4.04. The molecule has 0 spiro atoms. The fraction of sp³-hybridized carbons (Fsp3) is 0.333. The Labute approximate surface area is 147 Å². The quantitative estimate of drug-likeness (QED) is 0.673. The third-order valence-electron chi connectivity index (χ3n) is 3.09. The van der Waals surface area contributed by atoms with Crippen LogP contribution in [0.5, 0.6) is 0 Å². The summed E-state index contributed by atoms with van der Waals surface area (Å²) < 4.78 is 5.14. The smallest absolute Gasteiger partial charge is 0.237 e. The highest BCUT2D eigenvalue weighted by Crippen LogP contribution is 2.25. The summed E-state index contributed by atoms with van der Waals surface area (Å²) in [6, 6.07) is 5.65. The van der Waals surface area contributed by atoms with Gasteiger partial charge in [0.1, 0.15) is 0 Å². The van der Waals surface area contributed by atoms with Gasteiger partial charge in [-0.2, -0.15) is 0 Å². The predicted molar refractivity (Wildman–Crippen MR) is 94.3 cm³/mol. The van der Waals surface area contributed by atoms with E-state index in [1.807, 2.05) is 38.3 Å². The molecule has 2 N–H and O–H groups in total. The van der Waals surface area contributed by atoms with Crippen molar-refractivity contribution in [3.05, 3.63) is 29.3 Å². The molecule has 0 fully saturated rings. The minimum Gasteiger partial charge on any atom is -0.338 e. The molecule has 0 aliphatic heterocycles. The Morgan fingerprint density at radius 2 is 2.29 bits per heavy atom. The second kappa shape index (κ2) is 6.78. The fourth-order valence-electron chi connectivity index (χ4n) is 1.83. The minimum absolute atomic E-state index is 0.127. The predicted octanol–water partition coefficient (Wildman–Crippen LogP) is 3.55. The van der Waals surface area contributed by atoms with Crippen LogP contribution in [0.2, 0.25) is 0 Å². The monoisotopic (exact) mass is 363 g/mol. The van der Waals surface area contributed by atoms with Gasteiger partial charge in [-0.3, -0.25) is 15.2 Å². The topological polar surface area (TPSA) is 96.7 Å². The van der Waals surface area contributed by atoms with E-state index in [9.17, 15) is 4.79 Å². The standard InChI is InChI=1S/C15H17N5O2S2/c1-15(2,3)10-7-12(22-20-10)16-11(21)8-24-14-17-13(18-19-14)9-5-4-6-23-9/h4-7H,8H2,1-3H3,(H,16,21)(H,17,18,19). The molecule has 1 amide bonds. The lowest BCUT2D eigenvalue weighted by Gasteiger charge is -2.12. The van der Waals surface area contributed by atoms with Gasteiger partial charge >= 0.3 is 0 Å². The second-order valence-electron chi connectivity index (χ2n) is 6.11. The fourth-order valence-corrected chi connectivity index (χ4v) is 3.09. The van der Waals surface area contributed by atoms with Gasteiger partial charge in [-0.05, 0) is 11.4 Å². The number of thiophene rings is 1. The van der Waals surface area contributed by atoms with Crippen LogP contribution in [0.3, 0.4) is 0 Å². The van der Waals surface area contributed by atoms with Crippen molar-refractivity contribution in [2.75, 3.05) is 11.1 Å². The van der Waals surface area contributed by atoms with Crippen LogP contribution < -0.4 is 5.32 Å². The number of nitrogens with zero attached hydrogens (tertiary/aromatic N) is 3. The Balaban J connectivity index is 1.53. The molecular formula is C15H17N5O2S2. The van der Waals surface area contributed by atoms with Gasteiger partial charge in [0.15, 0.2) is 5.82 Å². The molecule has 24 heavy (non-hydrogen) atoms. The molecule has 126 valence electrons. The van der Waals surface area contributed by atoms with Crippen LogP contribution in [-0.4, -0.2) is 32.0 Å². The second-order valence-corrected chi connectivity index (χ2v) is 8.00. The SMILES string of the molecule is CC(C)(C)c1cc(NC(=O)CSc2n[nH]c(-c3cccs3)n2)on1. The first-order valence-electron chi connectivity index (χ1n) is 7.28. The van der Waals surface area contributed by atoms with E-state index in [1.54, 1.807) is 17.4 Å². The summed E-state index contributed by atoms with van der Waals surface area (Å²) in [7, 11) is 0. The third-order valence-corrected chi connectivity index (χ3v) is 4.82. The number of rotatable bonds is 5. The summed E-state index contributed by atoms with van der Waals surface area (Å²) in [4.78, 5) is 17.4. The largest absolute Gasteiger partial charge is 0.338 e. The van der Waals surface area contributed by atoms with E-state index < -0.39 is 0 Å². The lowest BCUT2D eigenvalue weighted by atomic mass is 9.92. The number of nitrogens with one attached hydrogen (secondary N) is 2. The number of aromatic amines is 1. The zero-order valence-corrected chi connectivity index (χ0v) is 15.1. The lowest BCUT2D eigenvalue weighted by Crippen LogP contribution is -2.14. The van der Waals surface area contributed by atoms with Crippen LogP contribution in [0.4, 0.5) is 5.88 Å². The Kier molecular flexibility index (Phi) is 4.72. The first-order chi connectivity index (χ1) is 11.4. The molecule has 0 aliphatic rings. The Bertz CT molecular complexity index is 817. The minimum atomic E-state index is -0.195. The zero-order valence-electron chi connectivity index (χ0n) is 13.5. The van der Waals surface area contributed by atoms with Crippen LogP contribution in [0.15, 0.2) is 33.3 Å². The number of hydrogen-bond acceptors (Lipinski definition) is 7. The van der Waals surface area contributed by atoms with Crippen molar-refractivity contribution in [2.45, 2.75) is 31.3 Å². The number of H-pyrrole nitrogens is 1. The van der Waals surface area contributed by atoms with Gasteiger partial charge in [-0.25, -0.2) is 4.98 Å². The van der Waals surface area contributed by atoms with Gasteiger partial charge in [-0.15, -0.1) is 16.4 Å². The highest BCUT2D eigenvalue weighted by Gasteiger charge is 2.19. The molecule has 3 aromatic rings. The molecule has 3 aromatic heterocycles. The van der Waals surface area contributed by atoms with Gasteiger partial charge in [0.2, 0.25) is 16.9 Å². The molecule has 0 atom stereocenters. The molecule has 3 rings (SSSR count). The zero-order chi connectivity index (χ0) is 17.2. The lowest BCUT2D eigenvalue weighted by molar-refractivity contribution is -0.113. The molecule has 3 heterocycles. The summed E-state index contributed by atoms with van der Waals surface area (Å²) in [5, 5.41) is 16.1. The number of amides is 1. The molecule has 0 unspecified atom stereocenters. The molecule has 0 saturated carbocycles. The van der Waals surface area contributed by atoms with E-state index in [0.29, 0.717) is 16.9 Å². The molecule has 0 aliphatic carbocycles. The summed E-state index contributed by atoms with van der Waals surface area (Å²) >= 11 is 2.83. The first kappa shape index (κ1) is 16.7. The van der Waals surface area contributed by atoms with E-state index in [4.69, 9.17) is 4.52 Å². The highest BCUT2D eigenvalue weighted by atomic mass is 32.2. The van der Waals surface area contributed by atoms with E-state index in [-0.39, 0.29) is 17.1 Å². The van der Waals surface area contributed by atoms with Crippen molar-refractivity contribution in [3.63, 3.8) is 0 Å². The first-order valence-corrected chi connectivity index (χ1v) is 9.14. The summed E-state index contributed by atoms with van der Waals surface area (Å²) in [5.74, 6) is 1.05. The number of carbonyl (C=O) groups excluding carboxylic acids is 1. The van der Waals surface area contributed by atoms with E-state index in [2.05, 4.69) is 25.7 Å². The maximum absolute atomic E-state index is 12.0. The van der Waals surface area contributed by atoms with Gasteiger partial charge < -0.3 is 4.52 Å². The molecular weight excluding hydrogens is 346 g/mol. The molecule has 9 heteroatoms. The van der Waals surface area contributed by atoms with Crippen molar-refractivity contribution in [2.24, 2.45) is 0 Å². The van der Waals surface area contributed by atoms with Crippen molar-refractivity contribution in [3.8, 4) is 10.7 Å². The van der Waals surface area contributed by atoms with Crippen LogP contribution in [0.25, 0.3) is 10.7 Å². The summed E-state index contributed by atoms with van der Waals surface area (Å²) in [5.41, 5.74) is 0.665. The molecule has 7 nitrogen and oxygen atoms in total. The van der Waals surface area contributed by atoms with Crippen molar-refractivity contribution >= 4 is 34.9 Å². The van der Waals surface area contributed by atoms with Gasteiger partial charge in [-0.1, -0.05) is 43.8 Å². The van der Waals surface area contributed by atoms with Crippen molar-refractivity contribution < 1.29 is 9.32 Å². The number of hydrogen-bond donors (Lipinski definition) is 2. The maximum Gasteiger partial charge on any atom is 0.237 e. The van der Waals surface area contributed by atoms with Crippen LogP contribution in [0.1, 0.15) is 26.5 Å². The molecule has 0 saturated heterocycles. The number of carbonyl (C=O) groups is 1. The van der Waals surface area contributed by atoms with Gasteiger partial charge in [0.05, 0.1) is 16.3 Å². The Morgan fingerprint density at radius 1 is 1.46 bits per heavy atom. The molecule has 0 radical (unpaired) electrons. The van der Waals surface area contributed by atoms with Crippen LogP contribution in [0, 0.1) is 0 Å². The average molecular weight is 363 g/mol.